The summed E-state index contributed by atoms with van der Waals surface area (Å²) in [6.45, 7) is 3.31. The minimum absolute atomic E-state index is 0.558. The third-order valence-corrected chi connectivity index (χ3v) is 1.89. The molecular weight excluding hydrogens is 128 g/mol. The molecule has 0 radical (unpaired) electrons. The molecule has 0 aliphatic heterocycles. The maximum atomic E-state index is 3.07. The largest absolute Gasteiger partial charge is 0.246 e. The number of hydrogen-bond acceptors (Lipinski definition) is 4. The van der Waals surface area contributed by atoms with Crippen molar-refractivity contribution in [1.29, 1.82) is 0 Å². The normalized spacial score (nSPS) is 21.0. The van der Waals surface area contributed by atoms with Gasteiger partial charge in [-0.1, -0.05) is 6.92 Å². The van der Waals surface area contributed by atoms with Gasteiger partial charge in [0.05, 0.1) is 0 Å². The summed E-state index contributed by atoms with van der Waals surface area (Å²) >= 11 is 0. The fourth-order valence-corrected chi connectivity index (χ4v) is 0.754. The van der Waals surface area contributed by atoms with Crippen LogP contribution >= 0.6 is 0 Å². The predicted molar refractivity (Wildman–Crippen MR) is 40.7 cm³/mol. The van der Waals surface area contributed by atoms with E-state index < -0.39 is 0 Å². The second-order valence-corrected chi connectivity index (χ2v) is 3.16. The number of nitrogens with one attached hydrogen (secondary N) is 4. The zero-order chi connectivity index (χ0) is 7.45. The van der Waals surface area contributed by atoms with Crippen molar-refractivity contribution in [3.05, 3.63) is 0 Å². The van der Waals surface area contributed by atoms with Crippen LogP contribution in [0.3, 0.4) is 0 Å². The molecule has 1 fully saturated rings. The summed E-state index contributed by atoms with van der Waals surface area (Å²) in [7, 11) is 1.81. The highest BCUT2D eigenvalue weighted by Crippen LogP contribution is 2.43. The lowest BCUT2D eigenvalue weighted by atomic mass is 10.1. The Kier molecular flexibility index (Phi) is 2.62. The first-order valence-corrected chi connectivity index (χ1v) is 3.66. The van der Waals surface area contributed by atoms with Crippen LogP contribution in [-0.2, 0) is 0 Å². The van der Waals surface area contributed by atoms with Gasteiger partial charge in [-0.15, -0.1) is 0 Å². The molecule has 1 aliphatic carbocycles. The third kappa shape index (κ3) is 2.62. The summed E-state index contributed by atoms with van der Waals surface area (Å²) in [5.74, 6) is 0. The van der Waals surface area contributed by atoms with E-state index in [-0.39, 0.29) is 0 Å². The molecule has 0 amide bonds. The fraction of sp³-hybridized carbons (Fsp3) is 1.00. The molecular formula is C6H16N4. The van der Waals surface area contributed by atoms with Crippen LogP contribution in [0.5, 0.6) is 0 Å². The quantitative estimate of drug-likeness (QED) is 0.311. The first-order chi connectivity index (χ1) is 4.77. The number of hydrogen-bond donors (Lipinski definition) is 4. The predicted octanol–water partition coefficient (Wildman–Crippen LogP) is -0.480. The van der Waals surface area contributed by atoms with Gasteiger partial charge in [0.15, 0.2) is 0 Å². The molecule has 0 saturated heterocycles. The highest BCUT2D eigenvalue weighted by molar-refractivity contribution is 4.89. The maximum absolute atomic E-state index is 3.07. The molecule has 0 spiro atoms. The van der Waals surface area contributed by atoms with Crippen LogP contribution in [-0.4, -0.2) is 13.6 Å². The second-order valence-electron chi connectivity index (χ2n) is 3.16. The number of rotatable bonds is 5. The summed E-state index contributed by atoms with van der Waals surface area (Å²) in [6.07, 6.45) is 2.70. The summed E-state index contributed by atoms with van der Waals surface area (Å²) in [4.78, 5) is 0. The fourth-order valence-electron chi connectivity index (χ4n) is 0.754. The van der Waals surface area contributed by atoms with Crippen LogP contribution in [0.4, 0.5) is 0 Å². The molecule has 4 heteroatoms. The van der Waals surface area contributed by atoms with E-state index in [1.165, 1.54) is 12.8 Å². The van der Waals surface area contributed by atoms with Crippen molar-refractivity contribution in [2.45, 2.75) is 19.8 Å². The lowest BCUT2D eigenvalue weighted by molar-refractivity contribution is 0.355. The van der Waals surface area contributed by atoms with Gasteiger partial charge < -0.3 is 0 Å². The van der Waals surface area contributed by atoms with Gasteiger partial charge in [-0.3, -0.25) is 0 Å². The molecule has 0 bridgehead atoms. The molecule has 0 unspecified atom stereocenters. The van der Waals surface area contributed by atoms with E-state index in [2.05, 4.69) is 28.8 Å². The Hall–Kier alpha value is -0.160. The minimum atomic E-state index is 0.558. The van der Waals surface area contributed by atoms with Crippen molar-refractivity contribution >= 4 is 0 Å². The maximum Gasteiger partial charge on any atom is 0.0167 e. The highest BCUT2D eigenvalue weighted by atomic mass is 15.7. The summed E-state index contributed by atoms with van der Waals surface area (Å²) in [5, 5.41) is 0. The zero-order valence-electron chi connectivity index (χ0n) is 6.62. The molecule has 0 aromatic rings. The van der Waals surface area contributed by atoms with Gasteiger partial charge in [0.25, 0.3) is 0 Å². The van der Waals surface area contributed by atoms with Gasteiger partial charge in [0.1, 0.15) is 0 Å². The second kappa shape index (κ2) is 3.30. The Balaban J connectivity index is 1.86. The Morgan fingerprint density at radius 1 is 1.30 bits per heavy atom. The standard InChI is InChI=1S/C6H16N4/c1-6(3-4-6)5-8-10-9-7-2/h7-10H,3-5H2,1-2H3. The van der Waals surface area contributed by atoms with Crippen molar-refractivity contribution in [1.82, 2.24) is 21.9 Å². The average Bonchev–Trinajstić information content (AvgIpc) is 2.62. The Bertz CT molecular complexity index is 99.9. The molecule has 0 aromatic heterocycles. The van der Waals surface area contributed by atoms with E-state index in [4.69, 9.17) is 0 Å². The Morgan fingerprint density at radius 2 is 2.00 bits per heavy atom. The molecule has 4 N–H and O–H groups in total. The van der Waals surface area contributed by atoms with Gasteiger partial charge in [-0.2, -0.15) is 11.1 Å². The van der Waals surface area contributed by atoms with E-state index in [0.717, 1.165) is 6.54 Å². The topological polar surface area (TPSA) is 48.1 Å². The lowest BCUT2D eigenvalue weighted by Crippen LogP contribution is -2.50. The van der Waals surface area contributed by atoms with Gasteiger partial charge in [0.2, 0.25) is 0 Å². The van der Waals surface area contributed by atoms with Crippen molar-refractivity contribution in [3.63, 3.8) is 0 Å². The van der Waals surface area contributed by atoms with Crippen LogP contribution < -0.4 is 21.9 Å². The van der Waals surface area contributed by atoms with E-state index >= 15 is 0 Å². The molecule has 0 atom stereocenters. The first kappa shape index (κ1) is 7.94. The molecule has 4 nitrogen and oxygen atoms in total. The zero-order valence-corrected chi connectivity index (χ0v) is 6.62. The smallest absolute Gasteiger partial charge is 0.0167 e. The lowest BCUT2D eigenvalue weighted by Gasteiger charge is -2.10. The van der Waals surface area contributed by atoms with Crippen LogP contribution in [0.2, 0.25) is 0 Å². The van der Waals surface area contributed by atoms with Crippen LogP contribution in [0.25, 0.3) is 0 Å². The molecule has 1 saturated carbocycles. The summed E-state index contributed by atoms with van der Waals surface area (Å²) in [6, 6.07) is 0. The average molecular weight is 144 g/mol. The monoisotopic (exact) mass is 144 g/mol. The van der Waals surface area contributed by atoms with Crippen molar-refractivity contribution < 1.29 is 0 Å². The molecule has 1 aliphatic rings. The summed E-state index contributed by atoms with van der Waals surface area (Å²) < 4.78 is 0. The van der Waals surface area contributed by atoms with Crippen molar-refractivity contribution in [2.75, 3.05) is 13.6 Å². The Morgan fingerprint density at radius 3 is 2.50 bits per heavy atom. The first-order valence-electron chi connectivity index (χ1n) is 3.66. The molecule has 1 rings (SSSR count). The van der Waals surface area contributed by atoms with Crippen molar-refractivity contribution in [3.8, 4) is 0 Å². The van der Waals surface area contributed by atoms with E-state index in [1.807, 2.05) is 7.05 Å². The van der Waals surface area contributed by atoms with Crippen LogP contribution in [0.15, 0.2) is 0 Å². The van der Waals surface area contributed by atoms with Gasteiger partial charge in [0, 0.05) is 6.54 Å². The molecule has 60 valence electrons. The Labute approximate surface area is 61.7 Å². The van der Waals surface area contributed by atoms with Crippen LogP contribution in [0, 0.1) is 5.41 Å². The minimum Gasteiger partial charge on any atom is -0.246 e. The van der Waals surface area contributed by atoms with E-state index in [9.17, 15) is 0 Å². The van der Waals surface area contributed by atoms with Crippen LogP contribution in [0.1, 0.15) is 19.8 Å². The molecule has 0 aromatic carbocycles. The molecule has 10 heavy (non-hydrogen) atoms. The van der Waals surface area contributed by atoms with E-state index in [1.54, 1.807) is 0 Å². The van der Waals surface area contributed by atoms with Crippen molar-refractivity contribution in [2.24, 2.45) is 5.41 Å². The summed E-state index contributed by atoms with van der Waals surface area (Å²) in [5.41, 5.74) is 11.9. The van der Waals surface area contributed by atoms with Gasteiger partial charge in [-0.05, 0) is 25.3 Å². The third-order valence-electron chi connectivity index (χ3n) is 1.89. The van der Waals surface area contributed by atoms with Gasteiger partial charge >= 0.3 is 0 Å². The SMILES string of the molecule is CNNNNCC1(C)CC1. The van der Waals surface area contributed by atoms with Gasteiger partial charge in [-0.25, -0.2) is 10.9 Å². The number of hydrazine groups is 3. The van der Waals surface area contributed by atoms with E-state index in [0.29, 0.717) is 5.41 Å². The molecule has 0 heterocycles. The highest BCUT2D eigenvalue weighted by Gasteiger charge is 2.36.